The molecule has 54 valence electrons. The van der Waals surface area contributed by atoms with Crippen LogP contribution in [0.2, 0.25) is 0 Å². The van der Waals surface area contributed by atoms with Crippen molar-refractivity contribution in [2.45, 2.75) is 19.4 Å². The van der Waals surface area contributed by atoms with Gasteiger partial charge >= 0.3 is 6.16 Å². The molecule has 0 radical (unpaired) electrons. The maximum absolute atomic E-state index is 9.74. The summed E-state index contributed by atoms with van der Waals surface area (Å²) in [5, 5.41) is 7.98. The largest absolute Gasteiger partial charge is 0.505 e. The van der Waals surface area contributed by atoms with Crippen molar-refractivity contribution >= 4 is 6.16 Å². The minimum atomic E-state index is -1.26. The summed E-state index contributed by atoms with van der Waals surface area (Å²) in [6.07, 6.45) is -0.535. The van der Waals surface area contributed by atoms with Crippen LogP contribution in [0.1, 0.15) is 13.3 Å². The van der Waals surface area contributed by atoms with Crippen LogP contribution in [0.4, 0.5) is 4.79 Å². The summed E-state index contributed by atoms with van der Waals surface area (Å²) in [5.74, 6) is 0. The summed E-state index contributed by atoms with van der Waals surface area (Å²) < 4.78 is 4.19. The Kier molecular flexibility index (Phi) is 3.79. The molecule has 0 spiro atoms. The van der Waals surface area contributed by atoms with Gasteiger partial charge in [-0.2, -0.15) is 0 Å². The third-order valence-corrected chi connectivity index (χ3v) is 0.945. The SMILES string of the molecule is CCC(N)COC(=O)O. The zero-order chi connectivity index (χ0) is 7.28. The van der Waals surface area contributed by atoms with Gasteiger partial charge in [0.05, 0.1) is 0 Å². The van der Waals surface area contributed by atoms with Crippen LogP contribution in [-0.2, 0) is 4.74 Å². The van der Waals surface area contributed by atoms with Crippen molar-refractivity contribution in [1.82, 2.24) is 0 Å². The first-order valence-electron chi connectivity index (χ1n) is 2.78. The molecule has 0 aromatic carbocycles. The fourth-order valence-electron chi connectivity index (χ4n) is 0.296. The molecule has 0 fully saturated rings. The fraction of sp³-hybridized carbons (Fsp3) is 0.800. The highest BCUT2D eigenvalue weighted by molar-refractivity contribution is 5.56. The zero-order valence-corrected chi connectivity index (χ0v) is 5.33. The van der Waals surface area contributed by atoms with Gasteiger partial charge in [0, 0.05) is 6.04 Å². The Hall–Kier alpha value is -0.770. The van der Waals surface area contributed by atoms with Crippen molar-refractivity contribution in [2.75, 3.05) is 6.61 Å². The predicted octanol–water partition coefficient (Wildman–Crippen LogP) is 0.418. The number of carboxylic acid groups (broad SMARTS) is 1. The van der Waals surface area contributed by atoms with E-state index < -0.39 is 6.16 Å². The second-order valence-corrected chi connectivity index (χ2v) is 1.75. The molecule has 1 unspecified atom stereocenters. The Morgan fingerprint density at radius 1 is 1.89 bits per heavy atom. The average Bonchev–Trinajstić information content (AvgIpc) is 1.83. The van der Waals surface area contributed by atoms with E-state index in [9.17, 15) is 4.79 Å². The molecule has 0 aliphatic heterocycles. The minimum Gasteiger partial charge on any atom is -0.450 e. The highest BCUT2D eigenvalue weighted by Gasteiger charge is 2.01. The number of nitrogens with two attached hydrogens (primary N) is 1. The molecule has 4 heteroatoms. The highest BCUT2D eigenvalue weighted by atomic mass is 16.7. The third-order valence-electron chi connectivity index (χ3n) is 0.945. The molecule has 0 saturated carbocycles. The molecule has 9 heavy (non-hydrogen) atoms. The summed E-state index contributed by atoms with van der Waals surface area (Å²) >= 11 is 0. The van der Waals surface area contributed by atoms with E-state index in [1.807, 2.05) is 6.92 Å². The van der Waals surface area contributed by atoms with Crippen LogP contribution in [0, 0.1) is 0 Å². The Bertz CT molecular complexity index is 94.2. The summed E-state index contributed by atoms with van der Waals surface area (Å²) in [5.41, 5.74) is 5.33. The average molecular weight is 133 g/mol. The monoisotopic (exact) mass is 133 g/mol. The van der Waals surface area contributed by atoms with Crippen LogP contribution < -0.4 is 5.73 Å². The van der Waals surface area contributed by atoms with E-state index in [-0.39, 0.29) is 12.6 Å². The molecular formula is C5H11NO3. The molecule has 1 atom stereocenters. The van der Waals surface area contributed by atoms with Crippen molar-refractivity contribution in [3.05, 3.63) is 0 Å². The molecule has 0 amide bonds. The molecule has 0 aliphatic rings. The Morgan fingerprint density at radius 2 is 2.44 bits per heavy atom. The zero-order valence-electron chi connectivity index (χ0n) is 5.33. The Morgan fingerprint density at radius 3 is 2.78 bits per heavy atom. The van der Waals surface area contributed by atoms with Gasteiger partial charge in [-0.3, -0.25) is 0 Å². The molecule has 0 heterocycles. The van der Waals surface area contributed by atoms with Crippen molar-refractivity contribution in [3.8, 4) is 0 Å². The molecule has 3 N–H and O–H groups in total. The van der Waals surface area contributed by atoms with Gasteiger partial charge in [0.2, 0.25) is 0 Å². The number of ether oxygens (including phenoxy) is 1. The topological polar surface area (TPSA) is 72.5 Å². The number of carbonyl (C=O) groups is 1. The second-order valence-electron chi connectivity index (χ2n) is 1.75. The lowest BCUT2D eigenvalue weighted by atomic mass is 10.3. The maximum Gasteiger partial charge on any atom is 0.505 e. The Balaban J connectivity index is 3.16. The van der Waals surface area contributed by atoms with Crippen molar-refractivity contribution in [2.24, 2.45) is 5.73 Å². The summed E-state index contributed by atoms with van der Waals surface area (Å²) in [6, 6.07) is -0.166. The van der Waals surface area contributed by atoms with E-state index in [2.05, 4.69) is 4.74 Å². The molecule has 4 nitrogen and oxygen atoms in total. The van der Waals surface area contributed by atoms with E-state index >= 15 is 0 Å². The van der Waals surface area contributed by atoms with Gasteiger partial charge in [0.15, 0.2) is 0 Å². The van der Waals surface area contributed by atoms with Gasteiger partial charge in [-0.25, -0.2) is 4.79 Å². The summed E-state index contributed by atoms with van der Waals surface area (Å²) in [4.78, 5) is 9.74. The minimum absolute atomic E-state index is 0.0891. The summed E-state index contributed by atoms with van der Waals surface area (Å²) in [7, 11) is 0. The van der Waals surface area contributed by atoms with E-state index in [0.717, 1.165) is 6.42 Å². The molecule has 0 saturated heterocycles. The van der Waals surface area contributed by atoms with Gasteiger partial charge in [-0.05, 0) is 6.42 Å². The van der Waals surface area contributed by atoms with Crippen LogP contribution in [0.15, 0.2) is 0 Å². The van der Waals surface area contributed by atoms with Gasteiger partial charge in [0.1, 0.15) is 6.61 Å². The van der Waals surface area contributed by atoms with E-state index in [1.54, 1.807) is 0 Å². The Labute approximate surface area is 53.6 Å². The molecule has 0 rings (SSSR count). The predicted molar refractivity (Wildman–Crippen MR) is 32.2 cm³/mol. The van der Waals surface area contributed by atoms with Crippen LogP contribution in [-0.4, -0.2) is 23.9 Å². The molecule has 0 bridgehead atoms. The highest BCUT2D eigenvalue weighted by Crippen LogP contribution is 1.86. The van der Waals surface area contributed by atoms with Crippen LogP contribution in [0.25, 0.3) is 0 Å². The van der Waals surface area contributed by atoms with E-state index in [1.165, 1.54) is 0 Å². The lowest BCUT2D eigenvalue weighted by molar-refractivity contribution is 0.0859. The fourth-order valence-corrected chi connectivity index (χ4v) is 0.296. The van der Waals surface area contributed by atoms with Crippen LogP contribution in [0.5, 0.6) is 0 Å². The number of hydrogen-bond donors (Lipinski definition) is 2. The lowest BCUT2D eigenvalue weighted by Crippen LogP contribution is -2.26. The molecule has 0 aromatic heterocycles. The summed E-state index contributed by atoms with van der Waals surface area (Å²) in [6.45, 7) is 1.96. The van der Waals surface area contributed by atoms with Gasteiger partial charge < -0.3 is 15.6 Å². The first-order valence-corrected chi connectivity index (χ1v) is 2.78. The van der Waals surface area contributed by atoms with Gasteiger partial charge in [0.25, 0.3) is 0 Å². The van der Waals surface area contributed by atoms with Crippen molar-refractivity contribution in [3.63, 3.8) is 0 Å². The van der Waals surface area contributed by atoms with Crippen LogP contribution in [0.3, 0.4) is 0 Å². The standard InChI is InChI=1S/C5H11NO3/c1-2-4(6)3-9-5(7)8/h4H,2-3,6H2,1H3,(H,7,8). The first kappa shape index (κ1) is 8.23. The van der Waals surface area contributed by atoms with Gasteiger partial charge in [-0.1, -0.05) is 6.92 Å². The van der Waals surface area contributed by atoms with Crippen molar-refractivity contribution < 1.29 is 14.6 Å². The smallest absolute Gasteiger partial charge is 0.450 e. The quantitative estimate of drug-likeness (QED) is 0.547. The van der Waals surface area contributed by atoms with Crippen molar-refractivity contribution in [1.29, 1.82) is 0 Å². The van der Waals surface area contributed by atoms with E-state index in [4.69, 9.17) is 10.8 Å². The van der Waals surface area contributed by atoms with E-state index in [0.29, 0.717) is 0 Å². The second kappa shape index (κ2) is 4.14. The third kappa shape index (κ3) is 5.10. The molecule has 0 aromatic rings. The maximum atomic E-state index is 9.74. The lowest BCUT2D eigenvalue weighted by Gasteiger charge is -2.05. The molecular weight excluding hydrogens is 122 g/mol. The van der Waals surface area contributed by atoms with Crippen LogP contribution >= 0.6 is 0 Å². The first-order chi connectivity index (χ1) is 4.16. The van der Waals surface area contributed by atoms with Gasteiger partial charge in [-0.15, -0.1) is 0 Å². The number of rotatable bonds is 3. The molecule has 0 aliphatic carbocycles. The normalized spacial score (nSPS) is 12.7. The number of hydrogen-bond acceptors (Lipinski definition) is 3.